The molecule has 2 aliphatic rings. The van der Waals surface area contributed by atoms with Crippen LogP contribution in [0.5, 0.6) is 0 Å². The van der Waals surface area contributed by atoms with E-state index in [4.69, 9.17) is 5.11 Å². The Kier molecular flexibility index (Phi) is 4.52. The van der Waals surface area contributed by atoms with E-state index in [0.29, 0.717) is 12.6 Å². The molecule has 3 atom stereocenters. The molecule has 2 amide bonds. The van der Waals surface area contributed by atoms with Gasteiger partial charge in [-0.2, -0.15) is 0 Å². The predicted octanol–water partition coefficient (Wildman–Crippen LogP) is 0.974. The van der Waals surface area contributed by atoms with Gasteiger partial charge >= 0.3 is 12.0 Å². The van der Waals surface area contributed by atoms with Crippen LogP contribution < -0.4 is 5.32 Å². The lowest BCUT2D eigenvalue weighted by atomic mass is 10.0. The Morgan fingerprint density at radius 1 is 1.30 bits per heavy atom. The second kappa shape index (κ2) is 5.99. The zero-order valence-corrected chi connectivity index (χ0v) is 12.5. The molecule has 2 heterocycles. The Morgan fingerprint density at radius 2 is 2.00 bits per heavy atom. The summed E-state index contributed by atoms with van der Waals surface area (Å²) >= 11 is 0. The highest BCUT2D eigenvalue weighted by atomic mass is 16.4. The lowest BCUT2D eigenvalue weighted by Gasteiger charge is -2.42. The average Bonchev–Trinajstić information content (AvgIpc) is 2.80. The quantitative estimate of drug-likeness (QED) is 0.809. The van der Waals surface area contributed by atoms with Gasteiger partial charge in [0.25, 0.3) is 0 Å². The molecular formula is C14H25N3O3. The molecule has 2 aliphatic heterocycles. The minimum absolute atomic E-state index is 0.125. The Morgan fingerprint density at radius 3 is 2.60 bits per heavy atom. The molecule has 0 saturated carbocycles. The van der Waals surface area contributed by atoms with E-state index in [2.05, 4.69) is 10.2 Å². The molecule has 0 aromatic rings. The second-order valence-corrected chi connectivity index (χ2v) is 6.30. The van der Waals surface area contributed by atoms with Gasteiger partial charge in [-0.1, -0.05) is 13.8 Å². The molecule has 0 bridgehead atoms. The molecule has 6 heteroatoms. The van der Waals surface area contributed by atoms with E-state index in [0.717, 1.165) is 19.5 Å². The van der Waals surface area contributed by atoms with Gasteiger partial charge in [-0.25, -0.2) is 9.59 Å². The van der Waals surface area contributed by atoms with Crippen molar-refractivity contribution < 1.29 is 14.7 Å². The van der Waals surface area contributed by atoms with Crippen LogP contribution in [-0.4, -0.2) is 64.7 Å². The Labute approximate surface area is 120 Å². The van der Waals surface area contributed by atoms with E-state index in [9.17, 15) is 9.59 Å². The van der Waals surface area contributed by atoms with Crippen molar-refractivity contribution >= 4 is 12.0 Å². The van der Waals surface area contributed by atoms with Crippen LogP contribution in [0.25, 0.3) is 0 Å². The summed E-state index contributed by atoms with van der Waals surface area (Å²) in [7, 11) is 0. The highest BCUT2D eigenvalue weighted by molar-refractivity contribution is 5.83. The molecule has 114 valence electrons. The first-order chi connectivity index (χ1) is 9.40. The largest absolute Gasteiger partial charge is 0.480 e. The van der Waals surface area contributed by atoms with Gasteiger partial charge in [-0.15, -0.1) is 0 Å². The third kappa shape index (κ3) is 3.06. The first kappa shape index (κ1) is 15.1. The predicted molar refractivity (Wildman–Crippen MR) is 75.6 cm³/mol. The molecule has 2 unspecified atom stereocenters. The third-order valence-electron chi connectivity index (χ3n) is 4.41. The van der Waals surface area contributed by atoms with Crippen molar-refractivity contribution in [3.05, 3.63) is 0 Å². The number of hydrogen-bond donors (Lipinski definition) is 2. The van der Waals surface area contributed by atoms with Gasteiger partial charge in [-0.3, -0.25) is 4.90 Å². The number of carbonyl (C=O) groups excluding carboxylic acids is 1. The number of aliphatic carboxylic acids is 1. The maximum Gasteiger partial charge on any atom is 0.326 e. The Balaban J connectivity index is 1.99. The summed E-state index contributed by atoms with van der Waals surface area (Å²) in [6.07, 6.45) is 2.32. The summed E-state index contributed by atoms with van der Waals surface area (Å²) in [6.45, 7) is 8.34. The van der Waals surface area contributed by atoms with E-state index >= 15 is 0 Å². The fraction of sp³-hybridized carbons (Fsp3) is 0.857. The minimum Gasteiger partial charge on any atom is -0.480 e. The van der Waals surface area contributed by atoms with Crippen LogP contribution in [0.3, 0.4) is 0 Å². The number of piperazine rings is 1. The number of urea groups is 1. The van der Waals surface area contributed by atoms with Crippen molar-refractivity contribution in [1.82, 2.24) is 15.1 Å². The zero-order valence-electron chi connectivity index (χ0n) is 12.5. The summed E-state index contributed by atoms with van der Waals surface area (Å²) in [5, 5.41) is 11.8. The lowest BCUT2D eigenvalue weighted by Crippen LogP contribution is -2.61. The number of carboxylic acid groups (broad SMARTS) is 1. The number of carbonyl (C=O) groups is 2. The molecule has 0 spiro atoms. The standard InChI is InChI=1S/C14H25N3O3/c1-9(2)12(13(18)19)15-14(20)17-8-11-5-4-6-16(11)7-10(17)3/h9-12H,4-8H2,1-3H3,(H,15,20)(H,18,19)/t10?,11?,12-/m1/s1. The second-order valence-electron chi connectivity index (χ2n) is 6.30. The summed E-state index contributed by atoms with van der Waals surface area (Å²) < 4.78 is 0. The minimum atomic E-state index is -0.972. The van der Waals surface area contributed by atoms with Gasteiger partial charge < -0.3 is 15.3 Å². The maximum absolute atomic E-state index is 12.3. The number of amides is 2. The van der Waals surface area contributed by atoms with Crippen molar-refractivity contribution in [2.75, 3.05) is 19.6 Å². The molecule has 2 N–H and O–H groups in total. The monoisotopic (exact) mass is 283 g/mol. The van der Waals surface area contributed by atoms with Gasteiger partial charge in [-0.05, 0) is 32.2 Å². The summed E-state index contributed by atoms with van der Waals surface area (Å²) in [4.78, 5) is 27.8. The normalized spacial score (nSPS) is 28.3. The maximum atomic E-state index is 12.3. The van der Waals surface area contributed by atoms with Crippen molar-refractivity contribution in [2.24, 2.45) is 5.92 Å². The van der Waals surface area contributed by atoms with Crippen LogP contribution in [0.2, 0.25) is 0 Å². The number of fused-ring (bicyclic) bond motifs is 1. The van der Waals surface area contributed by atoms with Crippen molar-refractivity contribution in [2.45, 2.75) is 51.7 Å². The molecule has 0 aromatic heterocycles. The highest BCUT2D eigenvalue weighted by Gasteiger charge is 2.37. The average molecular weight is 283 g/mol. The van der Waals surface area contributed by atoms with Gasteiger partial charge in [0.05, 0.1) is 0 Å². The third-order valence-corrected chi connectivity index (χ3v) is 4.41. The van der Waals surface area contributed by atoms with E-state index in [-0.39, 0.29) is 18.0 Å². The highest BCUT2D eigenvalue weighted by Crippen LogP contribution is 2.24. The van der Waals surface area contributed by atoms with Crippen LogP contribution in [0.1, 0.15) is 33.6 Å². The Hall–Kier alpha value is -1.30. The van der Waals surface area contributed by atoms with E-state index < -0.39 is 12.0 Å². The van der Waals surface area contributed by atoms with Crippen LogP contribution in [0.4, 0.5) is 4.79 Å². The van der Waals surface area contributed by atoms with E-state index in [1.54, 1.807) is 18.7 Å². The van der Waals surface area contributed by atoms with Crippen LogP contribution in [-0.2, 0) is 4.79 Å². The zero-order chi connectivity index (χ0) is 14.9. The van der Waals surface area contributed by atoms with Gasteiger partial charge in [0.2, 0.25) is 0 Å². The van der Waals surface area contributed by atoms with Crippen LogP contribution in [0.15, 0.2) is 0 Å². The van der Waals surface area contributed by atoms with E-state index in [1.807, 2.05) is 6.92 Å². The fourth-order valence-corrected chi connectivity index (χ4v) is 3.20. The summed E-state index contributed by atoms with van der Waals surface area (Å²) in [5.74, 6) is -1.10. The number of carboxylic acids is 1. The summed E-state index contributed by atoms with van der Waals surface area (Å²) in [6, 6.07) is -0.494. The molecule has 0 radical (unpaired) electrons. The van der Waals surface area contributed by atoms with E-state index in [1.165, 1.54) is 6.42 Å². The molecule has 2 rings (SSSR count). The molecule has 20 heavy (non-hydrogen) atoms. The number of rotatable bonds is 3. The molecular weight excluding hydrogens is 258 g/mol. The lowest BCUT2D eigenvalue weighted by molar-refractivity contribution is -0.140. The first-order valence-electron chi connectivity index (χ1n) is 7.44. The fourth-order valence-electron chi connectivity index (χ4n) is 3.20. The summed E-state index contributed by atoms with van der Waals surface area (Å²) in [5.41, 5.74) is 0. The SMILES string of the molecule is CC(C)[C@@H](NC(=O)N1CC2CCCN2CC1C)C(=O)O. The van der Waals surface area contributed by atoms with Crippen LogP contribution >= 0.6 is 0 Å². The van der Waals surface area contributed by atoms with Crippen molar-refractivity contribution in [1.29, 1.82) is 0 Å². The molecule has 2 fully saturated rings. The molecule has 0 aromatic carbocycles. The number of nitrogens with zero attached hydrogens (tertiary/aromatic N) is 2. The smallest absolute Gasteiger partial charge is 0.326 e. The first-order valence-corrected chi connectivity index (χ1v) is 7.44. The molecule has 2 saturated heterocycles. The number of nitrogens with one attached hydrogen (secondary N) is 1. The van der Waals surface area contributed by atoms with Gasteiger partial charge in [0.1, 0.15) is 6.04 Å². The van der Waals surface area contributed by atoms with Crippen molar-refractivity contribution in [3.63, 3.8) is 0 Å². The topological polar surface area (TPSA) is 72.9 Å². The molecule has 6 nitrogen and oxygen atoms in total. The molecule has 0 aliphatic carbocycles. The number of hydrogen-bond acceptors (Lipinski definition) is 3. The van der Waals surface area contributed by atoms with Crippen LogP contribution in [0, 0.1) is 5.92 Å². The Bertz CT molecular complexity index is 386. The van der Waals surface area contributed by atoms with Gasteiger partial charge in [0.15, 0.2) is 0 Å². The van der Waals surface area contributed by atoms with Crippen molar-refractivity contribution in [3.8, 4) is 0 Å². The van der Waals surface area contributed by atoms with Gasteiger partial charge in [0, 0.05) is 25.2 Å².